The molecule has 0 bridgehead atoms. The number of nitrogens with zero attached hydrogens (tertiary/aromatic N) is 1. The van der Waals surface area contributed by atoms with E-state index in [0.29, 0.717) is 0 Å². The van der Waals surface area contributed by atoms with Crippen molar-refractivity contribution in [1.29, 1.82) is 0 Å². The number of hydrogen-bond acceptors (Lipinski definition) is 4. The maximum atomic E-state index is 12.1. The van der Waals surface area contributed by atoms with Crippen molar-refractivity contribution in [3.63, 3.8) is 0 Å². The molecule has 6 heteroatoms. The van der Waals surface area contributed by atoms with Gasteiger partial charge in [-0.25, -0.2) is 4.83 Å². The molecule has 2 rings (SSSR count). The molecule has 5 nitrogen and oxygen atoms in total. The average molecular weight is 296 g/mol. The van der Waals surface area contributed by atoms with Crippen molar-refractivity contribution in [3.8, 4) is 0 Å². The molecular formula is C14H20N2O3S. The summed E-state index contributed by atoms with van der Waals surface area (Å²) in [5.74, 6) is 0. The van der Waals surface area contributed by atoms with Crippen molar-refractivity contribution in [2.24, 2.45) is 5.10 Å². The first kappa shape index (κ1) is 15.0. The first-order valence-electron chi connectivity index (χ1n) is 6.68. The summed E-state index contributed by atoms with van der Waals surface area (Å²) in [7, 11) is -1.86. The third-order valence-electron chi connectivity index (χ3n) is 3.50. The maximum Gasteiger partial charge on any atom is 0.276 e. The first-order chi connectivity index (χ1) is 9.51. The lowest BCUT2D eigenvalue weighted by atomic mass is 9.96. The van der Waals surface area contributed by atoms with Gasteiger partial charge in [-0.2, -0.15) is 13.5 Å². The zero-order valence-corrected chi connectivity index (χ0v) is 12.6. The van der Waals surface area contributed by atoms with Gasteiger partial charge < -0.3 is 4.74 Å². The lowest BCUT2D eigenvalue weighted by molar-refractivity contribution is 0.0862. The molecule has 0 saturated heterocycles. The maximum absolute atomic E-state index is 12.1. The number of hydrazone groups is 1. The molecule has 1 aliphatic rings. The molecule has 0 atom stereocenters. The Hall–Kier alpha value is -1.40. The summed E-state index contributed by atoms with van der Waals surface area (Å²) in [6.45, 7) is 1.91. The number of hydrogen-bond donors (Lipinski definition) is 1. The zero-order chi connectivity index (χ0) is 14.6. The number of nitrogens with one attached hydrogen (secondary N) is 1. The molecule has 0 heterocycles. The van der Waals surface area contributed by atoms with Gasteiger partial charge in [0.1, 0.15) is 0 Å². The molecule has 1 aromatic rings. The predicted molar refractivity (Wildman–Crippen MR) is 78.2 cm³/mol. The Labute approximate surface area is 120 Å². The Bertz CT molecular complexity index is 569. The lowest BCUT2D eigenvalue weighted by Crippen LogP contribution is -2.24. The summed E-state index contributed by atoms with van der Waals surface area (Å²) in [5.41, 5.74) is 1.90. The Morgan fingerprint density at radius 1 is 1.20 bits per heavy atom. The second kappa shape index (κ2) is 6.37. The van der Waals surface area contributed by atoms with E-state index < -0.39 is 10.0 Å². The van der Waals surface area contributed by atoms with Gasteiger partial charge in [-0.15, -0.1) is 0 Å². The molecule has 110 valence electrons. The van der Waals surface area contributed by atoms with Crippen LogP contribution in [0.3, 0.4) is 0 Å². The second-order valence-corrected chi connectivity index (χ2v) is 6.68. The summed E-state index contributed by atoms with van der Waals surface area (Å²) in [6, 6.07) is 6.70. The van der Waals surface area contributed by atoms with Crippen LogP contribution in [0.15, 0.2) is 34.3 Å². The molecule has 1 aromatic carbocycles. The average Bonchev–Trinajstić information content (AvgIpc) is 2.46. The molecule has 1 aliphatic carbocycles. The van der Waals surface area contributed by atoms with Gasteiger partial charge in [0, 0.05) is 12.8 Å². The van der Waals surface area contributed by atoms with E-state index in [1.54, 1.807) is 31.4 Å². The lowest BCUT2D eigenvalue weighted by Gasteiger charge is -2.21. The summed E-state index contributed by atoms with van der Waals surface area (Å²) in [5, 5.41) is 4.05. The largest absolute Gasteiger partial charge is 0.381 e. The Balaban J connectivity index is 2.01. The fourth-order valence-corrected chi connectivity index (χ4v) is 3.02. The molecule has 0 aromatic heterocycles. The molecule has 0 radical (unpaired) electrons. The molecule has 0 unspecified atom stereocenters. The van der Waals surface area contributed by atoms with Gasteiger partial charge in [0.2, 0.25) is 0 Å². The van der Waals surface area contributed by atoms with Crippen LogP contribution in [-0.2, 0) is 14.8 Å². The number of rotatable bonds is 4. The molecule has 1 fully saturated rings. The van der Waals surface area contributed by atoms with Crippen molar-refractivity contribution in [2.75, 3.05) is 7.11 Å². The number of methoxy groups -OCH3 is 1. The molecule has 0 spiro atoms. The highest BCUT2D eigenvalue weighted by molar-refractivity contribution is 7.89. The Morgan fingerprint density at radius 3 is 2.35 bits per heavy atom. The minimum absolute atomic E-state index is 0.234. The second-order valence-electron chi connectivity index (χ2n) is 5.02. The zero-order valence-electron chi connectivity index (χ0n) is 11.8. The van der Waals surface area contributed by atoms with E-state index in [2.05, 4.69) is 9.93 Å². The van der Waals surface area contributed by atoms with Crippen molar-refractivity contribution >= 4 is 15.7 Å². The van der Waals surface area contributed by atoms with Gasteiger partial charge in [-0.1, -0.05) is 17.7 Å². The SMILES string of the molecule is COC1CCC(=NNS(=O)(=O)c2ccc(C)cc2)CC1. The van der Waals surface area contributed by atoms with Crippen molar-refractivity contribution in [1.82, 2.24) is 4.83 Å². The van der Waals surface area contributed by atoms with Gasteiger partial charge in [0.05, 0.1) is 11.0 Å². The van der Waals surface area contributed by atoms with Crippen LogP contribution in [0.25, 0.3) is 0 Å². The minimum Gasteiger partial charge on any atom is -0.381 e. The minimum atomic E-state index is -3.56. The predicted octanol–water partition coefficient (Wildman–Crippen LogP) is 2.22. The number of ether oxygens (including phenoxy) is 1. The van der Waals surface area contributed by atoms with Crippen molar-refractivity contribution < 1.29 is 13.2 Å². The van der Waals surface area contributed by atoms with Crippen molar-refractivity contribution in [3.05, 3.63) is 29.8 Å². The smallest absolute Gasteiger partial charge is 0.276 e. The van der Waals surface area contributed by atoms with E-state index in [4.69, 9.17) is 4.74 Å². The van der Waals surface area contributed by atoms with E-state index in [1.807, 2.05) is 6.92 Å². The highest BCUT2D eigenvalue weighted by atomic mass is 32.2. The summed E-state index contributed by atoms with van der Waals surface area (Å²) < 4.78 is 29.4. The van der Waals surface area contributed by atoms with Crippen LogP contribution in [0.1, 0.15) is 31.2 Å². The molecular weight excluding hydrogens is 276 g/mol. The topological polar surface area (TPSA) is 67.8 Å². The van der Waals surface area contributed by atoms with Gasteiger partial charge in [0.15, 0.2) is 0 Å². The van der Waals surface area contributed by atoms with E-state index in [-0.39, 0.29) is 11.0 Å². The summed E-state index contributed by atoms with van der Waals surface area (Å²) >= 11 is 0. The van der Waals surface area contributed by atoms with Crippen molar-refractivity contribution in [2.45, 2.75) is 43.6 Å². The molecule has 0 amide bonds. The Kier molecular flexibility index (Phi) is 4.77. The normalized spacial score (nSPS) is 19.7. The molecule has 20 heavy (non-hydrogen) atoms. The van der Waals surface area contributed by atoms with Gasteiger partial charge >= 0.3 is 0 Å². The third-order valence-corrected chi connectivity index (χ3v) is 4.72. The first-order valence-corrected chi connectivity index (χ1v) is 8.16. The number of sulfonamides is 1. The van der Waals surface area contributed by atoms with E-state index >= 15 is 0 Å². The van der Waals surface area contributed by atoms with Crippen LogP contribution >= 0.6 is 0 Å². The van der Waals surface area contributed by atoms with Gasteiger partial charge in [0.25, 0.3) is 10.0 Å². The fraction of sp³-hybridized carbons (Fsp3) is 0.500. The molecule has 1 N–H and O–H groups in total. The standard InChI is InChI=1S/C14H20N2O3S/c1-11-3-9-14(10-4-11)20(17,18)16-15-12-5-7-13(19-2)8-6-12/h3-4,9-10,13,16H,5-8H2,1-2H3. The third kappa shape index (κ3) is 3.80. The molecule has 0 aliphatic heterocycles. The number of aryl methyl sites for hydroxylation is 1. The van der Waals surface area contributed by atoms with Crippen LogP contribution in [0, 0.1) is 6.92 Å². The highest BCUT2D eigenvalue weighted by Gasteiger charge is 2.18. The van der Waals surface area contributed by atoms with E-state index in [9.17, 15) is 8.42 Å². The monoisotopic (exact) mass is 296 g/mol. The van der Waals surface area contributed by atoms with E-state index in [1.165, 1.54) is 0 Å². The highest BCUT2D eigenvalue weighted by Crippen LogP contribution is 2.18. The fourth-order valence-electron chi connectivity index (χ4n) is 2.17. The van der Waals surface area contributed by atoms with Crippen LogP contribution in [-0.4, -0.2) is 27.3 Å². The van der Waals surface area contributed by atoms with Crippen LogP contribution < -0.4 is 4.83 Å². The molecule has 1 saturated carbocycles. The van der Waals surface area contributed by atoms with Crippen LogP contribution in [0.2, 0.25) is 0 Å². The summed E-state index contributed by atoms with van der Waals surface area (Å²) in [6.07, 6.45) is 3.59. The van der Waals surface area contributed by atoms with Crippen LogP contribution in [0.4, 0.5) is 0 Å². The Morgan fingerprint density at radius 2 is 1.80 bits per heavy atom. The van der Waals surface area contributed by atoms with Gasteiger partial charge in [-0.05, 0) is 44.7 Å². The van der Waals surface area contributed by atoms with Gasteiger partial charge in [-0.3, -0.25) is 0 Å². The van der Waals surface area contributed by atoms with Crippen LogP contribution in [0.5, 0.6) is 0 Å². The van der Waals surface area contributed by atoms with E-state index in [0.717, 1.165) is 37.0 Å². The summed E-state index contributed by atoms with van der Waals surface area (Å²) in [4.78, 5) is 2.55. The number of benzene rings is 1. The quantitative estimate of drug-likeness (QED) is 0.866.